The molecule has 1 aromatic heterocycles. The van der Waals surface area contributed by atoms with Gasteiger partial charge in [0.15, 0.2) is 0 Å². The van der Waals surface area contributed by atoms with Crippen LogP contribution in [0.15, 0.2) is 33.9 Å². The molecular formula is C21H29N3O3. The summed E-state index contributed by atoms with van der Waals surface area (Å²) in [5.41, 5.74) is -0.162. The molecule has 1 fully saturated rings. The second kappa shape index (κ2) is 8.55. The molecule has 1 aromatic carbocycles. The number of carbonyl (C=O) groups is 1. The summed E-state index contributed by atoms with van der Waals surface area (Å²) in [7, 11) is 0. The van der Waals surface area contributed by atoms with Gasteiger partial charge in [-0.05, 0) is 37.3 Å². The number of nitrogens with zero attached hydrogens (tertiary/aromatic N) is 2. The average Bonchev–Trinajstić information content (AvgIpc) is 2.65. The molecule has 0 saturated heterocycles. The molecule has 1 aliphatic rings. The van der Waals surface area contributed by atoms with Crippen molar-refractivity contribution in [1.29, 1.82) is 0 Å². The van der Waals surface area contributed by atoms with Crippen molar-refractivity contribution in [3.8, 4) is 0 Å². The summed E-state index contributed by atoms with van der Waals surface area (Å²) in [4.78, 5) is 38.3. The zero-order valence-corrected chi connectivity index (χ0v) is 16.2. The topological polar surface area (TPSA) is 73.1 Å². The minimum atomic E-state index is -0.404. The van der Waals surface area contributed by atoms with E-state index < -0.39 is 5.69 Å². The molecule has 6 heteroatoms. The van der Waals surface area contributed by atoms with Crippen molar-refractivity contribution < 1.29 is 4.79 Å². The number of benzene rings is 1. The van der Waals surface area contributed by atoms with Gasteiger partial charge >= 0.3 is 5.69 Å². The molecule has 0 bridgehead atoms. The molecule has 2 aromatic rings. The standard InChI is InChI=1S/C21H29N3O3/c1-15(2)12-13-23-20(26)17-10-6-7-11-18(17)24(21(23)27)14-19(25)22-16-8-4-3-5-9-16/h6-7,10-11,15-16H,3-5,8-9,12-14H2,1-2H3,(H,22,25). The van der Waals surface area contributed by atoms with Crippen LogP contribution in [0.25, 0.3) is 10.9 Å². The summed E-state index contributed by atoms with van der Waals surface area (Å²) in [6, 6.07) is 7.22. The van der Waals surface area contributed by atoms with Gasteiger partial charge in [0.05, 0.1) is 10.9 Å². The van der Waals surface area contributed by atoms with Crippen LogP contribution in [0.2, 0.25) is 0 Å². The Morgan fingerprint density at radius 1 is 1.11 bits per heavy atom. The van der Waals surface area contributed by atoms with Gasteiger partial charge < -0.3 is 5.32 Å². The zero-order valence-electron chi connectivity index (χ0n) is 16.2. The molecule has 1 heterocycles. The molecule has 0 unspecified atom stereocenters. The van der Waals surface area contributed by atoms with E-state index in [-0.39, 0.29) is 24.1 Å². The SMILES string of the molecule is CC(C)CCn1c(=O)c2ccccc2n(CC(=O)NC2CCCCC2)c1=O. The molecule has 146 valence electrons. The first-order chi connectivity index (χ1) is 13.0. The maximum absolute atomic E-state index is 13.0. The Labute approximate surface area is 159 Å². The van der Waals surface area contributed by atoms with Crippen molar-refractivity contribution in [3.63, 3.8) is 0 Å². The highest BCUT2D eigenvalue weighted by atomic mass is 16.2. The number of aromatic nitrogens is 2. The Morgan fingerprint density at radius 3 is 2.52 bits per heavy atom. The van der Waals surface area contributed by atoms with Crippen molar-refractivity contribution in [2.45, 2.75) is 71.5 Å². The number of rotatable bonds is 6. The highest BCUT2D eigenvalue weighted by Crippen LogP contribution is 2.17. The number of hydrogen-bond donors (Lipinski definition) is 1. The number of hydrogen-bond acceptors (Lipinski definition) is 3. The lowest BCUT2D eigenvalue weighted by Gasteiger charge is -2.23. The summed E-state index contributed by atoms with van der Waals surface area (Å²) in [6.07, 6.45) is 6.21. The molecule has 0 atom stereocenters. The van der Waals surface area contributed by atoms with Gasteiger partial charge in [-0.25, -0.2) is 4.79 Å². The molecular weight excluding hydrogens is 342 g/mol. The minimum Gasteiger partial charge on any atom is -0.352 e. The van der Waals surface area contributed by atoms with E-state index in [0.29, 0.717) is 23.4 Å². The molecule has 6 nitrogen and oxygen atoms in total. The fraction of sp³-hybridized carbons (Fsp3) is 0.571. The second-order valence-electron chi connectivity index (χ2n) is 7.93. The van der Waals surface area contributed by atoms with Crippen LogP contribution in [0, 0.1) is 5.92 Å². The quantitative estimate of drug-likeness (QED) is 0.848. The number of fused-ring (bicyclic) bond motifs is 1. The average molecular weight is 371 g/mol. The van der Waals surface area contributed by atoms with Crippen LogP contribution in [0.1, 0.15) is 52.4 Å². The highest BCUT2D eigenvalue weighted by Gasteiger charge is 2.19. The Balaban J connectivity index is 1.94. The fourth-order valence-electron chi connectivity index (χ4n) is 3.77. The molecule has 1 amide bonds. The lowest BCUT2D eigenvalue weighted by atomic mass is 9.95. The Morgan fingerprint density at radius 2 is 1.81 bits per heavy atom. The zero-order chi connectivity index (χ0) is 19.4. The maximum Gasteiger partial charge on any atom is 0.331 e. The van der Waals surface area contributed by atoms with Crippen molar-refractivity contribution in [1.82, 2.24) is 14.5 Å². The smallest absolute Gasteiger partial charge is 0.331 e. The third kappa shape index (κ3) is 4.49. The summed E-state index contributed by atoms with van der Waals surface area (Å²) >= 11 is 0. The third-order valence-corrected chi connectivity index (χ3v) is 5.33. The maximum atomic E-state index is 13.0. The van der Waals surface area contributed by atoms with Crippen LogP contribution in [0.4, 0.5) is 0 Å². The molecule has 1 aliphatic carbocycles. The predicted molar refractivity (Wildman–Crippen MR) is 107 cm³/mol. The van der Waals surface area contributed by atoms with Crippen LogP contribution in [0.3, 0.4) is 0 Å². The fourth-order valence-corrected chi connectivity index (χ4v) is 3.77. The number of nitrogens with one attached hydrogen (secondary N) is 1. The molecule has 0 radical (unpaired) electrons. The Hall–Kier alpha value is -2.37. The van der Waals surface area contributed by atoms with Gasteiger partial charge in [-0.3, -0.25) is 18.7 Å². The van der Waals surface area contributed by atoms with Crippen LogP contribution < -0.4 is 16.6 Å². The largest absolute Gasteiger partial charge is 0.352 e. The number of carbonyl (C=O) groups excluding carboxylic acids is 1. The van der Waals surface area contributed by atoms with E-state index in [0.717, 1.165) is 32.1 Å². The summed E-state index contributed by atoms with van der Waals surface area (Å²) in [5.74, 6) is 0.217. The monoisotopic (exact) mass is 371 g/mol. The van der Waals surface area contributed by atoms with Crippen LogP contribution in [-0.2, 0) is 17.9 Å². The van der Waals surface area contributed by atoms with Crippen molar-refractivity contribution in [2.24, 2.45) is 5.92 Å². The lowest BCUT2D eigenvalue weighted by Crippen LogP contribution is -2.44. The third-order valence-electron chi connectivity index (χ3n) is 5.33. The van der Waals surface area contributed by atoms with Crippen LogP contribution in [0.5, 0.6) is 0 Å². The van der Waals surface area contributed by atoms with Gasteiger partial charge in [0.25, 0.3) is 5.56 Å². The van der Waals surface area contributed by atoms with Gasteiger partial charge in [-0.1, -0.05) is 45.2 Å². The van der Waals surface area contributed by atoms with E-state index in [2.05, 4.69) is 19.2 Å². The first kappa shape index (κ1) is 19.4. The van der Waals surface area contributed by atoms with Gasteiger partial charge in [-0.15, -0.1) is 0 Å². The normalized spacial score (nSPS) is 15.4. The Kier molecular flexibility index (Phi) is 6.14. The van der Waals surface area contributed by atoms with Gasteiger partial charge in [-0.2, -0.15) is 0 Å². The molecule has 0 aliphatic heterocycles. The van der Waals surface area contributed by atoms with E-state index in [1.807, 2.05) is 0 Å². The second-order valence-corrected chi connectivity index (χ2v) is 7.93. The van der Waals surface area contributed by atoms with Crippen LogP contribution in [-0.4, -0.2) is 21.1 Å². The van der Waals surface area contributed by atoms with Crippen molar-refractivity contribution >= 4 is 16.8 Å². The molecule has 3 rings (SSSR count). The first-order valence-corrected chi connectivity index (χ1v) is 9.99. The van der Waals surface area contributed by atoms with Crippen LogP contribution >= 0.6 is 0 Å². The molecule has 1 saturated carbocycles. The summed E-state index contributed by atoms with van der Waals surface area (Å²) in [5, 5.41) is 3.54. The van der Waals surface area contributed by atoms with E-state index >= 15 is 0 Å². The molecule has 0 spiro atoms. The highest BCUT2D eigenvalue weighted by molar-refractivity contribution is 5.81. The first-order valence-electron chi connectivity index (χ1n) is 9.99. The van der Waals surface area contributed by atoms with Gasteiger partial charge in [0.1, 0.15) is 6.54 Å². The van der Waals surface area contributed by atoms with E-state index in [9.17, 15) is 14.4 Å². The molecule has 1 N–H and O–H groups in total. The van der Waals surface area contributed by atoms with Gasteiger partial charge in [0.2, 0.25) is 5.91 Å². The molecule has 27 heavy (non-hydrogen) atoms. The summed E-state index contributed by atoms with van der Waals surface area (Å²) < 4.78 is 2.71. The summed E-state index contributed by atoms with van der Waals surface area (Å²) in [6.45, 7) is 4.42. The van der Waals surface area contributed by atoms with Crippen molar-refractivity contribution in [2.75, 3.05) is 0 Å². The van der Waals surface area contributed by atoms with E-state index in [1.165, 1.54) is 15.6 Å². The Bertz CT molecular complexity index is 920. The van der Waals surface area contributed by atoms with Crippen molar-refractivity contribution in [3.05, 3.63) is 45.1 Å². The van der Waals surface area contributed by atoms with E-state index in [4.69, 9.17) is 0 Å². The number of para-hydroxylation sites is 1. The minimum absolute atomic E-state index is 0.0577. The van der Waals surface area contributed by atoms with E-state index in [1.54, 1.807) is 24.3 Å². The van der Waals surface area contributed by atoms with Gasteiger partial charge in [0, 0.05) is 12.6 Å². The predicted octanol–water partition coefficient (Wildman–Crippen LogP) is 2.66. The lowest BCUT2D eigenvalue weighted by molar-refractivity contribution is -0.122. The number of amides is 1.